The molecule has 0 aliphatic rings. The molecule has 0 fully saturated rings. The van der Waals surface area contributed by atoms with Crippen molar-refractivity contribution in [2.75, 3.05) is 24.2 Å². The largest absolute Gasteiger partial charge is 0.399 e. The van der Waals surface area contributed by atoms with Gasteiger partial charge in [-0.25, -0.2) is 13.6 Å². The van der Waals surface area contributed by atoms with Gasteiger partial charge in [-0.2, -0.15) is 0 Å². The number of benzene rings is 1. The Balaban J connectivity index is 2.84. The first-order valence-electron chi connectivity index (χ1n) is 5.22. The molecule has 1 aromatic rings. The molecular weight excluding hydrogens is 242 g/mol. The zero-order chi connectivity index (χ0) is 12.9. The summed E-state index contributed by atoms with van der Waals surface area (Å²) in [4.78, 5) is -0.0125. The number of unbranched alkanes of at least 4 members (excludes halogenated alkanes) is 1. The van der Waals surface area contributed by atoms with Gasteiger partial charge in [0.25, 0.3) is 0 Å². The van der Waals surface area contributed by atoms with Crippen molar-refractivity contribution >= 4 is 21.4 Å². The molecule has 0 aliphatic heterocycles. The number of anilines is 2. The molecule has 0 saturated heterocycles. The predicted octanol–water partition coefficient (Wildman–Crippen LogP) is 0.101. The van der Waals surface area contributed by atoms with Gasteiger partial charge in [-0.1, -0.05) is 0 Å². The molecule has 7 heteroatoms. The normalized spacial score (nSPS) is 11.4. The minimum atomic E-state index is -3.79. The number of nitrogens with one attached hydrogen (secondary N) is 1. The molecule has 17 heavy (non-hydrogen) atoms. The average Bonchev–Trinajstić information content (AvgIpc) is 2.25. The third kappa shape index (κ3) is 4.22. The number of nitrogen functional groups attached to an aromatic ring is 1. The molecule has 0 atom stereocenters. The van der Waals surface area contributed by atoms with Gasteiger partial charge in [-0.05, 0) is 31.0 Å². The molecule has 0 amide bonds. The van der Waals surface area contributed by atoms with Gasteiger partial charge in [-0.3, -0.25) is 0 Å². The summed E-state index contributed by atoms with van der Waals surface area (Å²) in [6.45, 7) is 0.679. The minimum Gasteiger partial charge on any atom is -0.399 e. The number of aliphatic hydroxyl groups excluding tert-OH is 1. The topological polar surface area (TPSA) is 118 Å². The quantitative estimate of drug-likeness (QED) is 0.427. The van der Waals surface area contributed by atoms with E-state index in [0.717, 1.165) is 6.42 Å². The van der Waals surface area contributed by atoms with Crippen molar-refractivity contribution in [2.45, 2.75) is 17.7 Å². The van der Waals surface area contributed by atoms with E-state index in [1.165, 1.54) is 6.07 Å². The highest BCUT2D eigenvalue weighted by Crippen LogP contribution is 2.22. The number of nitrogens with two attached hydrogens (primary N) is 2. The van der Waals surface area contributed by atoms with E-state index >= 15 is 0 Å². The van der Waals surface area contributed by atoms with E-state index in [-0.39, 0.29) is 11.5 Å². The number of hydrogen-bond acceptors (Lipinski definition) is 5. The van der Waals surface area contributed by atoms with Gasteiger partial charge >= 0.3 is 0 Å². The van der Waals surface area contributed by atoms with Gasteiger partial charge in [0, 0.05) is 18.8 Å². The fourth-order valence-corrected chi connectivity index (χ4v) is 2.13. The van der Waals surface area contributed by atoms with Crippen LogP contribution < -0.4 is 16.2 Å². The van der Waals surface area contributed by atoms with Gasteiger partial charge in [0.05, 0.1) is 5.69 Å². The van der Waals surface area contributed by atoms with E-state index in [4.69, 9.17) is 16.0 Å². The van der Waals surface area contributed by atoms with Crippen LogP contribution in [0.25, 0.3) is 0 Å². The molecule has 0 spiro atoms. The molecule has 6 N–H and O–H groups in total. The van der Waals surface area contributed by atoms with Gasteiger partial charge in [-0.15, -0.1) is 0 Å². The van der Waals surface area contributed by atoms with Crippen molar-refractivity contribution in [3.8, 4) is 0 Å². The third-order valence-electron chi connectivity index (χ3n) is 2.21. The first-order valence-corrected chi connectivity index (χ1v) is 6.77. The van der Waals surface area contributed by atoms with E-state index in [0.29, 0.717) is 24.3 Å². The Morgan fingerprint density at radius 3 is 2.59 bits per heavy atom. The molecule has 0 saturated carbocycles. The number of primary sulfonamides is 1. The lowest BCUT2D eigenvalue weighted by Crippen LogP contribution is -2.16. The lowest BCUT2D eigenvalue weighted by molar-refractivity contribution is 0.286. The van der Waals surface area contributed by atoms with Crippen LogP contribution in [0.1, 0.15) is 12.8 Å². The summed E-state index contributed by atoms with van der Waals surface area (Å²) in [7, 11) is -3.79. The molecule has 0 unspecified atom stereocenters. The van der Waals surface area contributed by atoms with E-state index < -0.39 is 10.0 Å². The zero-order valence-corrected chi connectivity index (χ0v) is 10.2. The summed E-state index contributed by atoms with van der Waals surface area (Å²) in [5.41, 5.74) is 6.29. The van der Waals surface area contributed by atoms with E-state index in [2.05, 4.69) is 5.32 Å². The maximum absolute atomic E-state index is 11.3. The molecule has 0 aromatic heterocycles. The van der Waals surface area contributed by atoms with E-state index in [1.54, 1.807) is 12.1 Å². The van der Waals surface area contributed by atoms with Crippen LogP contribution in [-0.2, 0) is 10.0 Å². The van der Waals surface area contributed by atoms with Crippen LogP contribution in [0.5, 0.6) is 0 Å². The Kier molecular flexibility index (Phi) is 4.73. The summed E-state index contributed by atoms with van der Waals surface area (Å²) in [5, 5.41) is 16.7. The van der Waals surface area contributed by atoms with Crippen molar-refractivity contribution in [1.82, 2.24) is 0 Å². The Morgan fingerprint density at radius 1 is 1.29 bits per heavy atom. The van der Waals surface area contributed by atoms with Crippen LogP contribution in [0.2, 0.25) is 0 Å². The summed E-state index contributed by atoms with van der Waals surface area (Å²) < 4.78 is 22.7. The Bertz CT molecular complexity index is 474. The highest BCUT2D eigenvalue weighted by molar-refractivity contribution is 7.89. The maximum Gasteiger partial charge on any atom is 0.240 e. The third-order valence-corrected chi connectivity index (χ3v) is 3.16. The molecule has 0 bridgehead atoms. The molecule has 96 valence electrons. The zero-order valence-electron chi connectivity index (χ0n) is 9.39. The smallest absolute Gasteiger partial charge is 0.240 e. The average molecular weight is 259 g/mol. The summed E-state index contributed by atoms with van der Waals surface area (Å²) >= 11 is 0. The standard InChI is InChI=1S/C10H17N3O3S/c11-8-3-4-9(13-5-1-2-6-14)10(7-8)17(12,15)16/h3-4,7,13-14H,1-2,5-6,11H2,(H2,12,15,16). The number of hydrogen-bond donors (Lipinski definition) is 4. The molecule has 0 radical (unpaired) electrons. The molecular formula is C10H17N3O3S. The number of sulfonamides is 1. The van der Waals surface area contributed by atoms with Gasteiger partial charge < -0.3 is 16.2 Å². The fraction of sp³-hybridized carbons (Fsp3) is 0.400. The highest BCUT2D eigenvalue weighted by Gasteiger charge is 2.13. The fourth-order valence-electron chi connectivity index (χ4n) is 1.38. The lowest BCUT2D eigenvalue weighted by atomic mass is 10.2. The van der Waals surface area contributed by atoms with Crippen molar-refractivity contribution < 1.29 is 13.5 Å². The minimum absolute atomic E-state index is 0.0125. The maximum atomic E-state index is 11.3. The van der Waals surface area contributed by atoms with Gasteiger partial charge in [0.2, 0.25) is 10.0 Å². The molecule has 0 heterocycles. The number of aliphatic hydroxyl groups is 1. The second kappa shape index (κ2) is 5.85. The van der Waals surface area contributed by atoms with Crippen LogP contribution in [0.3, 0.4) is 0 Å². The van der Waals surface area contributed by atoms with E-state index in [1.807, 2.05) is 0 Å². The van der Waals surface area contributed by atoms with Crippen LogP contribution >= 0.6 is 0 Å². The van der Waals surface area contributed by atoms with Crippen LogP contribution in [0, 0.1) is 0 Å². The first-order chi connectivity index (χ1) is 7.95. The van der Waals surface area contributed by atoms with Crippen LogP contribution in [0.15, 0.2) is 23.1 Å². The predicted molar refractivity (Wildman–Crippen MR) is 67.0 cm³/mol. The summed E-state index contributed by atoms with van der Waals surface area (Å²) in [6.07, 6.45) is 1.40. The Hall–Kier alpha value is -1.31. The summed E-state index contributed by atoms with van der Waals surface area (Å²) in [5.74, 6) is 0. The second-order valence-electron chi connectivity index (χ2n) is 3.66. The SMILES string of the molecule is Nc1ccc(NCCCCO)c(S(N)(=O)=O)c1. The lowest BCUT2D eigenvalue weighted by Gasteiger charge is -2.11. The van der Waals surface area contributed by atoms with Gasteiger partial charge in [0.1, 0.15) is 4.90 Å². The molecule has 1 aromatic carbocycles. The van der Waals surface area contributed by atoms with Crippen molar-refractivity contribution in [2.24, 2.45) is 5.14 Å². The monoisotopic (exact) mass is 259 g/mol. The summed E-state index contributed by atoms with van der Waals surface area (Å²) in [6, 6.07) is 4.50. The number of rotatable bonds is 6. The second-order valence-corrected chi connectivity index (χ2v) is 5.19. The first kappa shape index (κ1) is 13.8. The Morgan fingerprint density at radius 2 is 2.00 bits per heavy atom. The van der Waals surface area contributed by atoms with Crippen molar-refractivity contribution in [3.63, 3.8) is 0 Å². The van der Waals surface area contributed by atoms with Crippen LogP contribution in [0.4, 0.5) is 11.4 Å². The molecule has 0 aliphatic carbocycles. The highest BCUT2D eigenvalue weighted by atomic mass is 32.2. The van der Waals surface area contributed by atoms with Crippen molar-refractivity contribution in [1.29, 1.82) is 0 Å². The molecule has 6 nitrogen and oxygen atoms in total. The van der Waals surface area contributed by atoms with Crippen molar-refractivity contribution in [3.05, 3.63) is 18.2 Å². The molecule has 1 rings (SSSR count). The van der Waals surface area contributed by atoms with Crippen LogP contribution in [-0.4, -0.2) is 26.7 Å². The van der Waals surface area contributed by atoms with Gasteiger partial charge in [0.15, 0.2) is 0 Å². The van der Waals surface area contributed by atoms with E-state index in [9.17, 15) is 8.42 Å². The Labute approximate surface area is 101 Å².